The number of rotatable bonds is 4. The molecule has 0 aromatic heterocycles. The Labute approximate surface area is 100 Å². The zero-order chi connectivity index (χ0) is 13.1. The quantitative estimate of drug-likeness (QED) is 0.765. The number of carbonyl (C=O) groups excluding carboxylic acids is 1. The second-order valence-electron chi connectivity index (χ2n) is 4.99. The van der Waals surface area contributed by atoms with Gasteiger partial charge in [0, 0.05) is 18.9 Å². The lowest BCUT2D eigenvalue weighted by Gasteiger charge is -2.31. The van der Waals surface area contributed by atoms with E-state index in [0.717, 1.165) is 12.8 Å². The van der Waals surface area contributed by atoms with Gasteiger partial charge in [-0.05, 0) is 25.3 Å². The van der Waals surface area contributed by atoms with E-state index in [-0.39, 0.29) is 18.2 Å². The SMILES string of the molecule is CCN(CC1CC(C)CCC1=O)CC(F)(F)F. The van der Waals surface area contributed by atoms with Crippen LogP contribution in [0.4, 0.5) is 13.2 Å². The van der Waals surface area contributed by atoms with Gasteiger partial charge in [0.2, 0.25) is 0 Å². The van der Waals surface area contributed by atoms with Gasteiger partial charge in [-0.3, -0.25) is 9.69 Å². The van der Waals surface area contributed by atoms with Gasteiger partial charge >= 0.3 is 6.18 Å². The molecule has 1 fully saturated rings. The number of alkyl halides is 3. The second kappa shape index (κ2) is 5.85. The van der Waals surface area contributed by atoms with Crippen LogP contribution in [0.15, 0.2) is 0 Å². The van der Waals surface area contributed by atoms with Crippen molar-refractivity contribution in [2.24, 2.45) is 11.8 Å². The highest BCUT2D eigenvalue weighted by Gasteiger charge is 2.33. The molecule has 1 aliphatic carbocycles. The van der Waals surface area contributed by atoms with E-state index in [0.29, 0.717) is 18.9 Å². The minimum Gasteiger partial charge on any atom is -0.299 e. The summed E-state index contributed by atoms with van der Waals surface area (Å²) >= 11 is 0. The van der Waals surface area contributed by atoms with Crippen LogP contribution in [-0.4, -0.2) is 36.5 Å². The summed E-state index contributed by atoms with van der Waals surface area (Å²) in [6, 6.07) is 0. The van der Waals surface area contributed by atoms with Gasteiger partial charge in [-0.25, -0.2) is 0 Å². The topological polar surface area (TPSA) is 20.3 Å². The standard InChI is InChI=1S/C12H20F3NO/c1-3-16(8-12(13,14)15)7-10-6-9(2)4-5-11(10)17/h9-10H,3-8H2,1-2H3. The number of Topliss-reactive ketones (excluding diaryl/α,β-unsaturated/α-hetero) is 1. The molecule has 0 aliphatic heterocycles. The average Bonchev–Trinajstić information content (AvgIpc) is 2.20. The van der Waals surface area contributed by atoms with Crippen molar-refractivity contribution in [2.45, 2.75) is 39.3 Å². The Morgan fingerprint density at radius 3 is 2.59 bits per heavy atom. The van der Waals surface area contributed by atoms with Gasteiger partial charge in [-0.1, -0.05) is 13.8 Å². The van der Waals surface area contributed by atoms with Gasteiger partial charge in [0.15, 0.2) is 0 Å². The van der Waals surface area contributed by atoms with E-state index < -0.39 is 12.7 Å². The van der Waals surface area contributed by atoms with Crippen LogP contribution in [0.25, 0.3) is 0 Å². The Balaban J connectivity index is 2.51. The molecule has 0 heterocycles. The van der Waals surface area contributed by atoms with Crippen molar-refractivity contribution >= 4 is 5.78 Å². The molecule has 1 rings (SSSR count). The largest absolute Gasteiger partial charge is 0.401 e. The maximum atomic E-state index is 12.3. The molecule has 0 radical (unpaired) electrons. The van der Waals surface area contributed by atoms with Crippen molar-refractivity contribution in [3.05, 3.63) is 0 Å². The predicted octanol–water partition coefficient (Wildman–Crippen LogP) is 2.88. The molecule has 2 nitrogen and oxygen atoms in total. The molecular formula is C12H20F3NO. The van der Waals surface area contributed by atoms with Crippen LogP contribution in [0.1, 0.15) is 33.1 Å². The normalized spacial score (nSPS) is 26.6. The Hall–Kier alpha value is -0.580. The summed E-state index contributed by atoms with van der Waals surface area (Å²) in [6.07, 6.45) is -2.05. The molecule has 0 amide bonds. The Morgan fingerprint density at radius 2 is 2.06 bits per heavy atom. The van der Waals surface area contributed by atoms with Crippen molar-refractivity contribution in [1.82, 2.24) is 4.90 Å². The molecule has 1 aliphatic rings. The Bertz CT molecular complexity index is 265. The number of halogens is 3. The maximum absolute atomic E-state index is 12.3. The van der Waals surface area contributed by atoms with Crippen molar-refractivity contribution in [3.8, 4) is 0 Å². The fourth-order valence-corrected chi connectivity index (χ4v) is 2.37. The molecule has 2 atom stereocenters. The third kappa shape index (κ3) is 5.06. The lowest BCUT2D eigenvalue weighted by Crippen LogP contribution is -2.40. The first kappa shape index (κ1) is 14.5. The molecular weight excluding hydrogens is 231 g/mol. The lowest BCUT2D eigenvalue weighted by atomic mass is 9.81. The highest BCUT2D eigenvalue weighted by molar-refractivity contribution is 5.81. The summed E-state index contributed by atoms with van der Waals surface area (Å²) < 4.78 is 36.9. The molecule has 5 heteroatoms. The van der Waals surface area contributed by atoms with Crippen LogP contribution >= 0.6 is 0 Å². The monoisotopic (exact) mass is 251 g/mol. The first-order valence-corrected chi connectivity index (χ1v) is 6.13. The third-order valence-corrected chi connectivity index (χ3v) is 3.35. The highest BCUT2D eigenvalue weighted by Crippen LogP contribution is 2.27. The first-order chi connectivity index (χ1) is 7.81. The van der Waals surface area contributed by atoms with E-state index >= 15 is 0 Å². The molecule has 1 saturated carbocycles. The fraction of sp³-hybridized carbons (Fsp3) is 0.917. The average molecular weight is 251 g/mol. The van der Waals surface area contributed by atoms with Gasteiger partial charge in [-0.15, -0.1) is 0 Å². The third-order valence-electron chi connectivity index (χ3n) is 3.35. The Morgan fingerprint density at radius 1 is 1.41 bits per heavy atom. The zero-order valence-corrected chi connectivity index (χ0v) is 10.4. The summed E-state index contributed by atoms with van der Waals surface area (Å²) in [5.74, 6) is 0.368. The van der Waals surface area contributed by atoms with Crippen LogP contribution in [-0.2, 0) is 4.79 Å². The summed E-state index contributed by atoms with van der Waals surface area (Å²) in [6.45, 7) is 3.42. The maximum Gasteiger partial charge on any atom is 0.401 e. The van der Waals surface area contributed by atoms with E-state index in [2.05, 4.69) is 6.92 Å². The molecule has 2 unspecified atom stereocenters. The number of hydrogen-bond donors (Lipinski definition) is 0. The smallest absolute Gasteiger partial charge is 0.299 e. The number of carbonyl (C=O) groups is 1. The van der Waals surface area contributed by atoms with E-state index in [4.69, 9.17) is 0 Å². The first-order valence-electron chi connectivity index (χ1n) is 6.13. The summed E-state index contributed by atoms with van der Waals surface area (Å²) in [4.78, 5) is 13.0. The van der Waals surface area contributed by atoms with Crippen LogP contribution < -0.4 is 0 Å². The molecule has 0 bridgehead atoms. The second-order valence-corrected chi connectivity index (χ2v) is 4.99. The summed E-state index contributed by atoms with van der Waals surface area (Å²) in [7, 11) is 0. The minimum absolute atomic E-state index is 0.128. The van der Waals surface area contributed by atoms with Crippen molar-refractivity contribution in [1.29, 1.82) is 0 Å². The molecule has 0 saturated heterocycles. The lowest BCUT2D eigenvalue weighted by molar-refractivity contribution is -0.149. The van der Waals surface area contributed by atoms with Crippen molar-refractivity contribution in [2.75, 3.05) is 19.6 Å². The van der Waals surface area contributed by atoms with Gasteiger partial charge in [0.1, 0.15) is 5.78 Å². The van der Waals surface area contributed by atoms with Crippen LogP contribution in [0.2, 0.25) is 0 Å². The van der Waals surface area contributed by atoms with Crippen molar-refractivity contribution in [3.63, 3.8) is 0 Å². The predicted molar refractivity (Wildman–Crippen MR) is 59.7 cm³/mol. The molecule has 0 N–H and O–H groups in total. The summed E-state index contributed by atoms with van der Waals surface area (Å²) in [5, 5.41) is 0. The van der Waals surface area contributed by atoms with Crippen LogP contribution in [0, 0.1) is 11.8 Å². The zero-order valence-electron chi connectivity index (χ0n) is 10.4. The van der Waals surface area contributed by atoms with E-state index in [9.17, 15) is 18.0 Å². The summed E-state index contributed by atoms with van der Waals surface area (Å²) in [5.41, 5.74) is 0. The van der Waals surface area contributed by atoms with E-state index in [1.54, 1.807) is 6.92 Å². The van der Waals surface area contributed by atoms with Gasteiger partial charge in [0.05, 0.1) is 6.54 Å². The number of ketones is 1. The van der Waals surface area contributed by atoms with Gasteiger partial charge in [0.25, 0.3) is 0 Å². The molecule has 100 valence electrons. The molecule has 0 spiro atoms. The van der Waals surface area contributed by atoms with Crippen LogP contribution in [0.5, 0.6) is 0 Å². The molecule has 0 aromatic carbocycles. The van der Waals surface area contributed by atoms with Crippen molar-refractivity contribution < 1.29 is 18.0 Å². The van der Waals surface area contributed by atoms with Crippen LogP contribution in [0.3, 0.4) is 0 Å². The molecule has 0 aromatic rings. The fourth-order valence-electron chi connectivity index (χ4n) is 2.37. The number of hydrogen-bond acceptors (Lipinski definition) is 2. The Kier molecular flexibility index (Phi) is 4.98. The van der Waals surface area contributed by atoms with E-state index in [1.807, 2.05) is 0 Å². The molecule has 17 heavy (non-hydrogen) atoms. The van der Waals surface area contributed by atoms with E-state index in [1.165, 1.54) is 4.90 Å². The minimum atomic E-state index is -4.18. The highest BCUT2D eigenvalue weighted by atomic mass is 19.4. The van der Waals surface area contributed by atoms with Gasteiger partial charge < -0.3 is 0 Å². The number of nitrogens with zero attached hydrogens (tertiary/aromatic N) is 1. The van der Waals surface area contributed by atoms with Gasteiger partial charge in [-0.2, -0.15) is 13.2 Å².